The summed E-state index contributed by atoms with van der Waals surface area (Å²) in [6, 6.07) is 12.2. The van der Waals surface area contributed by atoms with Gasteiger partial charge in [0, 0.05) is 30.9 Å². The van der Waals surface area contributed by atoms with Gasteiger partial charge in [-0.25, -0.2) is 0 Å². The number of piperidine rings is 1. The minimum atomic E-state index is -0.253. The van der Waals surface area contributed by atoms with Crippen LogP contribution in [0.15, 0.2) is 36.4 Å². The highest BCUT2D eigenvalue weighted by Crippen LogP contribution is 2.34. The van der Waals surface area contributed by atoms with E-state index in [1.54, 1.807) is 6.07 Å². The Morgan fingerprint density at radius 3 is 2.69 bits per heavy atom. The van der Waals surface area contributed by atoms with Gasteiger partial charge in [0.1, 0.15) is 5.69 Å². The number of anilines is 2. The molecule has 26 heavy (non-hydrogen) atoms. The molecule has 2 aromatic rings. The molecule has 1 heterocycles. The maximum Gasteiger partial charge on any atom is 0.292 e. The first-order chi connectivity index (χ1) is 12.5. The molecule has 0 spiro atoms. The summed E-state index contributed by atoms with van der Waals surface area (Å²) in [7, 11) is 0. The third-order valence-corrected chi connectivity index (χ3v) is 5.21. The lowest BCUT2D eigenvalue weighted by Gasteiger charge is -2.35. The maximum atomic E-state index is 11.6. The van der Waals surface area contributed by atoms with Crippen molar-refractivity contribution in [2.24, 2.45) is 0 Å². The Morgan fingerprint density at radius 1 is 1.19 bits per heavy atom. The Morgan fingerprint density at radius 2 is 2.00 bits per heavy atom. The Bertz CT molecular complexity index is 804. The smallest absolute Gasteiger partial charge is 0.292 e. The van der Waals surface area contributed by atoms with Gasteiger partial charge in [-0.15, -0.1) is 0 Å². The van der Waals surface area contributed by atoms with Crippen LogP contribution in [0.1, 0.15) is 42.9 Å². The third-order valence-electron chi connectivity index (χ3n) is 5.21. The van der Waals surface area contributed by atoms with E-state index in [9.17, 15) is 10.1 Å². The Balaban J connectivity index is 1.81. The second-order valence-electron chi connectivity index (χ2n) is 7.29. The molecule has 1 aliphatic rings. The fourth-order valence-electron chi connectivity index (χ4n) is 3.73. The molecule has 1 aliphatic heterocycles. The molecule has 1 atom stereocenters. The molecule has 0 bridgehead atoms. The summed E-state index contributed by atoms with van der Waals surface area (Å²) >= 11 is 0. The van der Waals surface area contributed by atoms with Crippen molar-refractivity contribution in [3.05, 3.63) is 63.2 Å². The predicted octanol–water partition coefficient (Wildman–Crippen LogP) is 5.20. The summed E-state index contributed by atoms with van der Waals surface area (Å²) in [5.41, 5.74) is 5.34. The van der Waals surface area contributed by atoms with Crippen molar-refractivity contribution in [2.75, 3.05) is 16.8 Å². The summed E-state index contributed by atoms with van der Waals surface area (Å²) in [6.45, 7) is 7.75. The number of nitro benzene ring substituents is 1. The van der Waals surface area contributed by atoms with E-state index in [0.717, 1.165) is 36.3 Å². The van der Waals surface area contributed by atoms with Gasteiger partial charge in [-0.05, 0) is 63.3 Å². The zero-order valence-corrected chi connectivity index (χ0v) is 15.8. The Hall–Kier alpha value is -2.56. The van der Waals surface area contributed by atoms with Gasteiger partial charge in [0.25, 0.3) is 5.69 Å². The molecule has 0 aliphatic carbocycles. The van der Waals surface area contributed by atoms with Crippen molar-refractivity contribution in [2.45, 2.75) is 52.6 Å². The average molecular weight is 353 g/mol. The van der Waals surface area contributed by atoms with Gasteiger partial charge < -0.3 is 10.2 Å². The molecule has 0 radical (unpaired) electrons. The number of hydrogen-bond acceptors (Lipinski definition) is 4. The van der Waals surface area contributed by atoms with Gasteiger partial charge in [-0.3, -0.25) is 10.1 Å². The van der Waals surface area contributed by atoms with Crippen LogP contribution in [0.4, 0.5) is 17.1 Å². The van der Waals surface area contributed by atoms with E-state index in [2.05, 4.69) is 49.2 Å². The summed E-state index contributed by atoms with van der Waals surface area (Å²) in [5.74, 6) is 0. The molecule has 1 N–H and O–H groups in total. The fourth-order valence-corrected chi connectivity index (χ4v) is 3.73. The van der Waals surface area contributed by atoms with Crippen molar-refractivity contribution < 1.29 is 4.92 Å². The quantitative estimate of drug-likeness (QED) is 0.593. The van der Waals surface area contributed by atoms with E-state index >= 15 is 0 Å². The Labute approximate surface area is 155 Å². The van der Waals surface area contributed by atoms with E-state index in [1.807, 2.05) is 12.1 Å². The second kappa shape index (κ2) is 7.77. The molecular formula is C21H27N3O2. The van der Waals surface area contributed by atoms with E-state index in [4.69, 9.17) is 0 Å². The van der Waals surface area contributed by atoms with Crippen LogP contribution in [0.25, 0.3) is 0 Å². The summed E-state index contributed by atoms with van der Waals surface area (Å²) < 4.78 is 0. The number of rotatable bonds is 5. The van der Waals surface area contributed by atoms with Crippen LogP contribution in [0.2, 0.25) is 0 Å². The van der Waals surface area contributed by atoms with Crippen LogP contribution in [-0.2, 0) is 6.54 Å². The van der Waals surface area contributed by atoms with Gasteiger partial charge in [-0.2, -0.15) is 0 Å². The third kappa shape index (κ3) is 3.98. The predicted molar refractivity (Wildman–Crippen MR) is 107 cm³/mol. The van der Waals surface area contributed by atoms with E-state index in [0.29, 0.717) is 12.6 Å². The second-order valence-corrected chi connectivity index (χ2v) is 7.29. The highest BCUT2D eigenvalue weighted by molar-refractivity contribution is 5.65. The minimum absolute atomic E-state index is 0.207. The number of nitro groups is 1. The lowest BCUT2D eigenvalue weighted by Crippen LogP contribution is -2.37. The van der Waals surface area contributed by atoms with E-state index in [-0.39, 0.29) is 10.6 Å². The SMILES string of the molecule is Cc1ccc(NCc2ccc(N3CCCCC3C)c([N+](=O)[O-])c2)c(C)c1. The van der Waals surface area contributed by atoms with Crippen LogP contribution in [0, 0.1) is 24.0 Å². The van der Waals surface area contributed by atoms with Crippen LogP contribution in [0.3, 0.4) is 0 Å². The number of hydrogen-bond donors (Lipinski definition) is 1. The largest absolute Gasteiger partial charge is 0.381 e. The first-order valence-electron chi connectivity index (χ1n) is 9.31. The van der Waals surface area contributed by atoms with Crippen molar-refractivity contribution in [1.29, 1.82) is 0 Å². The highest BCUT2D eigenvalue weighted by atomic mass is 16.6. The number of nitrogens with one attached hydrogen (secondary N) is 1. The number of aryl methyl sites for hydroxylation is 2. The van der Waals surface area contributed by atoms with Crippen LogP contribution >= 0.6 is 0 Å². The molecule has 5 heteroatoms. The van der Waals surface area contributed by atoms with Crippen molar-refractivity contribution in [3.63, 3.8) is 0 Å². The molecule has 1 fully saturated rings. The van der Waals surface area contributed by atoms with E-state index in [1.165, 1.54) is 17.5 Å². The van der Waals surface area contributed by atoms with Crippen LogP contribution in [0.5, 0.6) is 0 Å². The number of benzene rings is 2. The van der Waals surface area contributed by atoms with Gasteiger partial charge in [0.2, 0.25) is 0 Å². The highest BCUT2D eigenvalue weighted by Gasteiger charge is 2.25. The molecular weight excluding hydrogens is 326 g/mol. The molecule has 5 nitrogen and oxygen atoms in total. The zero-order valence-electron chi connectivity index (χ0n) is 15.8. The fraction of sp³-hybridized carbons (Fsp3) is 0.429. The molecule has 1 unspecified atom stereocenters. The molecule has 0 aromatic heterocycles. The van der Waals surface area contributed by atoms with Gasteiger partial charge in [0.15, 0.2) is 0 Å². The molecule has 2 aromatic carbocycles. The van der Waals surface area contributed by atoms with Crippen molar-refractivity contribution >= 4 is 17.1 Å². The normalized spacial score (nSPS) is 17.2. The Kier molecular flexibility index (Phi) is 5.45. The summed E-state index contributed by atoms with van der Waals surface area (Å²) in [5, 5.41) is 15.0. The maximum absolute atomic E-state index is 11.6. The van der Waals surface area contributed by atoms with Crippen LogP contribution in [-0.4, -0.2) is 17.5 Å². The zero-order chi connectivity index (χ0) is 18.7. The molecule has 138 valence electrons. The molecule has 1 saturated heterocycles. The van der Waals surface area contributed by atoms with Gasteiger partial charge in [-0.1, -0.05) is 23.8 Å². The van der Waals surface area contributed by atoms with Crippen molar-refractivity contribution in [3.8, 4) is 0 Å². The summed E-state index contributed by atoms with van der Waals surface area (Å²) in [6.07, 6.45) is 3.38. The topological polar surface area (TPSA) is 58.4 Å². The van der Waals surface area contributed by atoms with Crippen LogP contribution < -0.4 is 10.2 Å². The standard InChI is InChI=1S/C21H27N3O2/c1-15-7-9-19(16(2)12-15)22-14-18-8-10-20(21(13-18)24(25)26)23-11-5-4-6-17(23)3/h7-10,12-13,17,22H,4-6,11,14H2,1-3H3. The van der Waals surface area contributed by atoms with E-state index < -0.39 is 0 Å². The first-order valence-corrected chi connectivity index (χ1v) is 9.31. The molecule has 3 rings (SSSR count). The van der Waals surface area contributed by atoms with Crippen molar-refractivity contribution in [1.82, 2.24) is 0 Å². The van der Waals surface area contributed by atoms with Gasteiger partial charge >= 0.3 is 0 Å². The first kappa shape index (κ1) is 18.2. The molecule has 0 saturated carbocycles. The van der Waals surface area contributed by atoms with Gasteiger partial charge in [0.05, 0.1) is 4.92 Å². The monoisotopic (exact) mass is 353 g/mol. The minimum Gasteiger partial charge on any atom is -0.381 e. The lowest BCUT2D eigenvalue weighted by atomic mass is 10.0. The summed E-state index contributed by atoms with van der Waals surface area (Å²) in [4.78, 5) is 13.6. The molecule has 0 amide bonds. The number of nitrogens with zero attached hydrogens (tertiary/aromatic N) is 2. The average Bonchev–Trinajstić information content (AvgIpc) is 2.61. The lowest BCUT2D eigenvalue weighted by molar-refractivity contribution is -0.384.